The van der Waals surface area contributed by atoms with Crippen molar-refractivity contribution in [3.8, 4) is 0 Å². The highest BCUT2D eigenvalue weighted by Gasteiger charge is 2.43. The predicted octanol–water partition coefficient (Wildman–Crippen LogP) is 1.19. The summed E-state index contributed by atoms with van der Waals surface area (Å²) in [6.45, 7) is 1.58. The summed E-state index contributed by atoms with van der Waals surface area (Å²) in [5.74, 6) is 0.0424. The first kappa shape index (κ1) is 17.3. The monoisotopic (exact) mass is 369 g/mol. The molecular weight excluding hydrogens is 350 g/mol. The average Bonchev–Trinajstić information content (AvgIpc) is 3.06. The number of carbonyl (C=O) groups is 2. The molecule has 0 saturated carbocycles. The largest absolute Gasteiger partial charge is 0.444 e. The molecule has 2 aromatic rings. The van der Waals surface area contributed by atoms with Crippen LogP contribution in [0.1, 0.15) is 17.2 Å². The van der Waals surface area contributed by atoms with Crippen molar-refractivity contribution in [2.75, 3.05) is 29.5 Å². The van der Waals surface area contributed by atoms with Crippen LogP contribution < -0.4 is 15.4 Å². The Morgan fingerprint density at radius 3 is 2.70 bits per heavy atom. The zero-order valence-electron chi connectivity index (χ0n) is 14.8. The standard InChI is InChI=1S/C19H19N3O5/c1-12-7-15(24)22-14(10-23)8-20-16(25)9-21(17(12)18(20)22)19(26)27-11-13-5-3-2-4-6-13/h2-7,14,23H,8-11H2,1H3/t14-/m0/s1. The van der Waals surface area contributed by atoms with Crippen molar-refractivity contribution >= 4 is 23.5 Å². The van der Waals surface area contributed by atoms with Gasteiger partial charge in [0.15, 0.2) is 0 Å². The first-order chi connectivity index (χ1) is 13.0. The third-order valence-electron chi connectivity index (χ3n) is 4.91. The van der Waals surface area contributed by atoms with Crippen LogP contribution in [0.4, 0.5) is 16.3 Å². The number of aliphatic hydroxyl groups excluding tert-OH is 1. The molecule has 8 nitrogen and oxygen atoms in total. The fourth-order valence-electron chi connectivity index (χ4n) is 3.65. The molecule has 0 fully saturated rings. The van der Waals surface area contributed by atoms with E-state index in [0.717, 1.165) is 5.56 Å². The van der Waals surface area contributed by atoms with Gasteiger partial charge in [-0.2, -0.15) is 0 Å². The lowest BCUT2D eigenvalue weighted by molar-refractivity contribution is -0.117. The average molecular weight is 369 g/mol. The minimum atomic E-state index is -0.649. The molecule has 0 aliphatic carbocycles. The summed E-state index contributed by atoms with van der Waals surface area (Å²) in [4.78, 5) is 40.4. The molecule has 0 bridgehead atoms. The van der Waals surface area contributed by atoms with Gasteiger partial charge in [0.2, 0.25) is 5.91 Å². The maximum Gasteiger partial charge on any atom is 0.415 e. The summed E-state index contributed by atoms with van der Waals surface area (Å²) in [6.07, 6.45) is -0.649. The minimum Gasteiger partial charge on any atom is -0.444 e. The van der Waals surface area contributed by atoms with Gasteiger partial charge in [0.1, 0.15) is 19.0 Å². The molecule has 3 heterocycles. The third kappa shape index (κ3) is 2.78. The molecule has 0 saturated heterocycles. The molecule has 0 unspecified atom stereocenters. The van der Waals surface area contributed by atoms with Crippen molar-refractivity contribution < 1.29 is 19.4 Å². The predicted molar refractivity (Wildman–Crippen MR) is 97.9 cm³/mol. The van der Waals surface area contributed by atoms with E-state index >= 15 is 0 Å². The van der Waals surface area contributed by atoms with Crippen LogP contribution in [0.15, 0.2) is 41.2 Å². The highest BCUT2D eigenvalue weighted by Crippen LogP contribution is 2.41. The van der Waals surface area contributed by atoms with Gasteiger partial charge in [0, 0.05) is 6.07 Å². The first-order valence-corrected chi connectivity index (χ1v) is 8.67. The molecule has 0 radical (unpaired) electrons. The number of aromatic nitrogens is 1. The number of anilines is 2. The van der Waals surface area contributed by atoms with E-state index in [0.29, 0.717) is 17.1 Å². The van der Waals surface area contributed by atoms with Gasteiger partial charge in [0.05, 0.1) is 24.9 Å². The molecule has 4 rings (SSSR count). The number of carbonyl (C=O) groups excluding carboxylic acids is 2. The summed E-state index contributed by atoms with van der Waals surface area (Å²) >= 11 is 0. The molecule has 27 heavy (non-hydrogen) atoms. The molecule has 1 aromatic carbocycles. The van der Waals surface area contributed by atoms with Crippen molar-refractivity contribution in [3.05, 3.63) is 57.9 Å². The van der Waals surface area contributed by atoms with Gasteiger partial charge in [-0.1, -0.05) is 30.3 Å². The molecule has 8 heteroatoms. The van der Waals surface area contributed by atoms with E-state index in [1.54, 1.807) is 6.92 Å². The van der Waals surface area contributed by atoms with Gasteiger partial charge in [-0.25, -0.2) is 4.79 Å². The van der Waals surface area contributed by atoms with Crippen LogP contribution in [0.2, 0.25) is 0 Å². The number of benzene rings is 1. The summed E-state index contributed by atoms with van der Waals surface area (Å²) < 4.78 is 6.77. The second-order valence-corrected chi connectivity index (χ2v) is 6.67. The summed E-state index contributed by atoms with van der Waals surface area (Å²) in [5, 5.41) is 9.60. The van der Waals surface area contributed by atoms with E-state index in [2.05, 4.69) is 0 Å². The van der Waals surface area contributed by atoms with E-state index in [4.69, 9.17) is 4.74 Å². The van der Waals surface area contributed by atoms with E-state index in [-0.39, 0.29) is 37.8 Å². The van der Waals surface area contributed by atoms with Crippen LogP contribution in [-0.4, -0.2) is 41.4 Å². The number of pyridine rings is 1. The van der Waals surface area contributed by atoms with Crippen LogP contribution in [0.5, 0.6) is 0 Å². The molecule has 1 atom stereocenters. The fraction of sp³-hybridized carbons (Fsp3) is 0.316. The van der Waals surface area contributed by atoms with Crippen molar-refractivity contribution in [2.45, 2.75) is 19.6 Å². The van der Waals surface area contributed by atoms with Gasteiger partial charge in [-0.3, -0.25) is 24.0 Å². The lowest BCUT2D eigenvalue weighted by atomic mass is 10.1. The van der Waals surface area contributed by atoms with Gasteiger partial charge in [-0.15, -0.1) is 0 Å². The third-order valence-corrected chi connectivity index (χ3v) is 4.91. The second kappa shape index (κ2) is 6.55. The zero-order chi connectivity index (χ0) is 19.1. The number of amides is 2. The second-order valence-electron chi connectivity index (χ2n) is 6.67. The van der Waals surface area contributed by atoms with E-state index in [9.17, 15) is 19.5 Å². The van der Waals surface area contributed by atoms with Crippen LogP contribution in [0, 0.1) is 6.92 Å². The number of hydrogen-bond acceptors (Lipinski definition) is 5. The highest BCUT2D eigenvalue weighted by molar-refractivity contribution is 6.10. The molecule has 2 amide bonds. The van der Waals surface area contributed by atoms with E-state index in [1.165, 1.54) is 20.4 Å². The Balaban J connectivity index is 1.70. The molecule has 2 aliphatic heterocycles. The SMILES string of the molecule is Cc1cc(=O)n2c3c1N(C(=O)OCc1ccccc1)CC(=O)N3C[C@H]2CO. The van der Waals surface area contributed by atoms with E-state index < -0.39 is 12.1 Å². The number of nitrogens with zero attached hydrogens (tertiary/aromatic N) is 3. The lowest BCUT2D eigenvalue weighted by Crippen LogP contribution is -2.48. The van der Waals surface area contributed by atoms with Crippen molar-refractivity contribution in [1.29, 1.82) is 0 Å². The topological polar surface area (TPSA) is 92.1 Å². The van der Waals surface area contributed by atoms with Crippen LogP contribution in [-0.2, 0) is 16.1 Å². The Labute approximate surface area is 155 Å². The first-order valence-electron chi connectivity index (χ1n) is 8.67. The van der Waals surface area contributed by atoms with Crippen LogP contribution >= 0.6 is 0 Å². The fourth-order valence-corrected chi connectivity index (χ4v) is 3.65. The van der Waals surface area contributed by atoms with Gasteiger partial charge >= 0.3 is 6.09 Å². The Bertz CT molecular complexity index is 969. The summed E-state index contributed by atoms with van der Waals surface area (Å²) in [6, 6.07) is 10.1. The number of aliphatic hydroxyl groups is 1. The molecule has 140 valence electrons. The number of aryl methyl sites for hydroxylation is 1. The quantitative estimate of drug-likeness (QED) is 0.878. The number of hydrogen-bond donors (Lipinski definition) is 1. The van der Waals surface area contributed by atoms with Crippen molar-refractivity contribution in [3.63, 3.8) is 0 Å². The molecule has 0 spiro atoms. The summed E-state index contributed by atoms with van der Waals surface area (Å²) in [5.41, 5.74) is 1.59. The highest BCUT2D eigenvalue weighted by atomic mass is 16.6. The lowest BCUT2D eigenvalue weighted by Gasteiger charge is -2.33. The van der Waals surface area contributed by atoms with Crippen molar-refractivity contribution in [1.82, 2.24) is 4.57 Å². The van der Waals surface area contributed by atoms with E-state index in [1.807, 2.05) is 30.3 Å². The Hall–Kier alpha value is -3.13. The van der Waals surface area contributed by atoms with Gasteiger partial charge < -0.3 is 9.84 Å². The number of rotatable bonds is 3. The Kier molecular flexibility index (Phi) is 4.19. The van der Waals surface area contributed by atoms with Gasteiger partial charge in [0.25, 0.3) is 5.56 Å². The van der Waals surface area contributed by atoms with Crippen LogP contribution in [0.3, 0.4) is 0 Å². The molecular formula is C19H19N3O5. The molecule has 1 N–H and O–H groups in total. The molecule has 1 aromatic heterocycles. The Morgan fingerprint density at radius 1 is 1.26 bits per heavy atom. The zero-order valence-corrected chi connectivity index (χ0v) is 14.8. The van der Waals surface area contributed by atoms with Gasteiger partial charge in [-0.05, 0) is 18.1 Å². The minimum absolute atomic E-state index is 0.0847. The normalized spacial score (nSPS) is 17.9. The van der Waals surface area contributed by atoms with Crippen LogP contribution in [0.25, 0.3) is 0 Å². The maximum atomic E-state index is 12.7. The smallest absolute Gasteiger partial charge is 0.415 e. The van der Waals surface area contributed by atoms with Crippen molar-refractivity contribution in [2.24, 2.45) is 0 Å². The summed E-state index contributed by atoms with van der Waals surface area (Å²) in [7, 11) is 0. The number of ether oxygens (including phenoxy) is 1. The maximum absolute atomic E-state index is 12.7. The molecule has 2 aliphatic rings. The Morgan fingerprint density at radius 2 is 2.00 bits per heavy atom.